The molecule has 0 aliphatic heterocycles. The van der Waals surface area contributed by atoms with E-state index in [0.717, 1.165) is 15.6 Å². The van der Waals surface area contributed by atoms with Crippen LogP contribution < -0.4 is 11.2 Å². The number of nitrogens with two attached hydrogens (primary N) is 1. The number of nitrogens with one attached hydrogen (secondary N) is 1. The van der Waals surface area contributed by atoms with E-state index in [0.29, 0.717) is 0 Å². The predicted octanol–water partition coefficient (Wildman–Crippen LogP) is 1.96. The lowest BCUT2D eigenvalue weighted by atomic mass is 10.2. The van der Waals surface area contributed by atoms with Gasteiger partial charge in [-0.1, -0.05) is 11.6 Å². The van der Waals surface area contributed by atoms with E-state index in [2.05, 4.69) is 22.7 Å². The molecule has 0 atom stereocenters. The van der Waals surface area contributed by atoms with E-state index < -0.39 is 0 Å². The van der Waals surface area contributed by atoms with Crippen molar-refractivity contribution in [2.75, 3.05) is 0 Å². The van der Waals surface area contributed by atoms with Crippen LogP contribution in [0.5, 0.6) is 0 Å². The summed E-state index contributed by atoms with van der Waals surface area (Å²) in [6.45, 7) is 1.85. The Labute approximate surface area is 90.6 Å². The number of nitrogens with zero attached hydrogens (tertiary/aromatic N) is 1. The highest BCUT2D eigenvalue weighted by Gasteiger charge is 2.00. The standard InChI is InChI=1S/C7H8ClN3S2/c1-4(10-11-7(9)12)5-2-6(8)13-3-5/h2-3H,1H3,(H3,9,11,12). The molecular formula is C7H8ClN3S2. The number of hydrogen-bond acceptors (Lipinski definition) is 3. The third-order valence-electron chi connectivity index (χ3n) is 1.32. The van der Waals surface area contributed by atoms with Gasteiger partial charge in [-0.2, -0.15) is 5.10 Å². The molecule has 0 aliphatic carbocycles. The third-order valence-corrected chi connectivity index (χ3v) is 2.50. The largest absolute Gasteiger partial charge is 0.375 e. The van der Waals surface area contributed by atoms with Crippen LogP contribution in [0.3, 0.4) is 0 Å². The van der Waals surface area contributed by atoms with Crippen molar-refractivity contribution in [1.82, 2.24) is 5.43 Å². The molecule has 6 heteroatoms. The summed E-state index contributed by atoms with van der Waals surface area (Å²) in [6, 6.07) is 1.84. The van der Waals surface area contributed by atoms with Crippen LogP contribution in [0.15, 0.2) is 16.5 Å². The molecular weight excluding hydrogens is 226 g/mol. The number of hydrogen-bond donors (Lipinski definition) is 2. The molecule has 0 aliphatic rings. The van der Waals surface area contributed by atoms with Gasteiger partial charge < -0.3 is 5.73 Å². The zero-order valence-corrected chi connectivity index (χ0v) is 9.26. The molecule has 3 N–H and O–H groups in total. The highest BCUT2D eigenvalue weighted by Crippen LogP contribution is 2.20. The first-order chi connectivity index (χ1) is 6.09. The van der Waals surface area contributed by atoms with E-state index in [9.17, 15) is 0 Å². The van der Waals surface area contributed by atoms with Gasteiger partial charge >= 0.3 is 0 Å². The summed E-state index contributed by atoms with van der Waals surface area (Å²) < 4.78 is 0.736. The first kappa shape index (κ1) is 10.4. The fourth-order valence-corrected chi connectivity index (χ4v) is 1.67. The van der Waals surface area contributed by atoms with Crippen LogP contribution in [0.1, 0.15) is 12.5 Å². The summed E-state index contributed by atoms with van der Waals surface area (Å²) in [7, 11) is 0. The molecule has 0 amide bonds. The molecule has 1 heterocycles. The Morgan fingerprint density at radius 3 is 2.92 bits per heavy atom. The van der Waals surface area contributed by atoms with Crippen molar-refractivity contribution in [3.8, 4) is 0 Å². The number of hydrazone groups is 1. The van der Waals surface area contributed by atoms with Crippen LogP contribution in [0.25, 0.3) is 0 Å². The van der Waals surface area contributed by atoms with E-state index in [-0.39, 0.29) is 5.11 Å². The molecule has 1 aromatic heterocycles. The molecule has 13 heavy (non-hydrogen) atoms. The maximum atomic E-state index is 5.76. The van der Waals surface area contributed by atoms with Gasteiger partial charge in [0.1, 0.15) is 0 Å². The highest BCUT2D eigenvalue weighted by molar-refractivity contribution is 7.80. The van der Waals surface area contributed by atoms with Crippen molar-refractivity contribution in [1.29, 1.82) is 0 Å². The van der Waals surface area contributed by atoms with Gasteiger partial charge in [-0.15, -0.1) is 11.3 Å². The smallest absolute Gasteiger partial charge is 0.184 e. The first-order valence-electron chi connectivity index (χ1n) is 3.43. The number of rotatable bonds is 2. The van der Waals surface area contributed by atoms with Crippen molar-refractivity contribution in [2.45, 2.75) is 6.92 Å². The molecule has 0 saturated heterocycles. The zero-order chi connectivity index (χ0) is 9.84. The summed E-state index contributed by atoms with van der Waals surface area (Å²) in [6.07, 6.45) is 0. The van der Waals surface area contributed by atoms with Crippen LogP contribution in [-0.4, -0.2) is 10.8 Å². The van der Waals surface area contributed by atoms with Gasteiger partial charge in [-0.25, -0.2) is 0 Å². The second kappa shape index (κ2) is 4.55. The fraction of sp³-hybridized carbons (Fsp3) is 0.143. The monoisotopic (exact) mass is 233 g/mol. The Bertz CT molecular complexity index is 345. The van der Waals surface area contributed by atoms with E-state index >= 15 is 0 Å². The average Bonchev–Trinajstić information content (AvgIpc) is 2.47. The molecule has 70 valence electrons. The minimum absolute atomic E-state index is 0.153. The van der Waals surface area contributed by atoms with Crippen LogP contribution >= 0.6 is 35.2 Å². The Kier molecular flexibility index (Phi) is 3.65. The van der Waals surface area contributed by atoms with E-state index in [1.54, 1.807) is 0 Å². The molecule has 0 unspecified atom stereocenters. The highest BCUT2D eigenvalue weighted by atomic mass is 35.5. The van der Waals surface area contributed by atoms with Gasteiger partial charge in [-0.05, 0) is 25.2 Å². The maximum Gasteiger partial charge on any atom is 0.184 e. The lowest BCUT2D eigenvalue weighted by Crippen LogP contribution is -2.25. The third kappa shape index (κ3) is 3.30. The number of halogens is 1. The Morgan fingerprint density at radius 1 is 1.77 bits per heavy atom. The molecule has 0 bridgehead atoms. The Morgan fingerprint density at radius 2 is 2.46 bits per heavy atom. The van der Waals surface area contributed by atoms with E-state index in [1.807, 2.05) is 18.4 Å². The minimum atomic E-state index is 0.153. The van der Waals surface area contributed by atoms with Crippen molar-refractivity contribution in [3.05, 3.63) is 21.3 Å². The molecule has 0 fully saturated rings. The SMILES string of the molecule is CC(=NNC(N)=S)c1csc(Cl)c1. The quantitative estimate of drug-likeness (QED) is 0.467. The second-order valence-corrected chi connectivity index (χ2v) is 4.30. The second-order valence-electron chi connectivity index (χ2n) is 2.31. The molecule has 0 spiro atoms. The summed E-state index contributed by atoms with van der Waals surface area (Å²) in [5.74, 6) is 0. The maximum absolute atomic E-state index is 5.76. The summed E-state index contributed by atoms with van der Waals surface area (Å²) >= 11 is 11.8. The van der Waals surface area contributed by atoms with Crippen molar-refractivity contribution in [2.24, 2.45) is 10.8 Å². The van der Waals surface area contributed by atoms with Crippen LogP contribution in [-0.2, 0) is 0 Å². The van der Waals surface area contributed by atoms with Gasteiger partial charge in [0.25, 0.3) is 0 Å². The van der Waals surface area contributed by atoms with Gasteiger partial charge in [0, 0.05) is 10.9 Å². The van der Waals surface area contributed by atoms with Gasteiger partial charge in [0.05, 0.1) is 10.0 Å². The molecule has 0 saturated carbocycles. The first-order valence-corrected chi connectivity index (χ1v) is 5.10. The molecule has 0 radical (unpaired) electrons. The average molecular weight is 234 g/mol. The minimum Gasteiger partial charge on any atom is -0.375 e. The molecule has 0 aromatic carbocycles. The number of thiophene rings is 1. The summed E-state index contributed by atoms with van der Waals surface area (Å²) in [5.41, 5.74) is 9.50. The zero-order valence-electron chi connectivity index (χ0n) is 6.87. The summed E-state index contributed by atoms with van der Waals surface area (Å²) in [5, 5.41) is 6.03. The van der Waals surface area contributed by atoms with Gasteiger partial charge in [-0.3, -0.25) is 5.43 Å². The van der Waals surface area contributed by atoms with Crippen molar-refractivity contribution >= 4 is 46.0 Å². The Balaban J connectivity index is 2.72. The van der Waals surface area contributed by atoms with Crippen LogP contribution in [0.2, 0.25) is 4.34 Å². The van der Waals surface area contributed by atoms with E-state index in [4.69, 9.17) is 17.3 Å². The Hall–Kier alpha value is -0.650. The molecule has 1 aromatic rings. The topological polar surface area (TPSA) is 50.4 Å². The van der Waals surface area contributed by atoms with Crippen molar-refractivity contribution in [3.63, 3.8) is 0 Å². The lowest BCUT2D eigenvalue weighted by molar-refractivity contribution is 1.03. The lowest BCUT2D eigenvalue weighted by Gasteiger charge is -1.97. The van der Waals surface area contributed by atoms with Gasteiger partial charge in [0.2, 0.25) is 0 Å². The predicted molar refractivity (Wildman–Crippen MR) is 61.5 cm³/mol. The fourth-order valence-electron chi connectivity index (χ4n) is 0.703. The normalized spacial score (nSPS) is 11.4. The van der Waals surface area contributed by atoms with Gasteiger partial charge in [0.15, 0.2) is 5.11 Å². The molecule has 3 nitrogen and oxygen atoms in total. The number of thiocarbonyl (C=S) groups is 1. The molecule has 1 rings (SSSR count). The van der Waals surface area contributed by atoms with Crippen LogP contribution in [0, 0.1) is 0 Å². The summed E-state index contributed by atoms with van der Waals surface area (Å²) in [4.78, 5) is 0. The van der Waals surface area contributed by atoms with Crippen molar-refractivity contribution < 1.29 is 0 Å². The van der Waals surface area contributed by atoms with E-state index in [1.165, 1.54) is 11.3 Å². The van der Waals surface area contributed by atoms with Crippen LogP contribution in [0.4, 0.5) is 0 Å².